The summed E-state index contributed by atoms with van der Waals surface area (Å²) in [5, 5.41) is 8.51. The number of aryl methyl sites for hydroxylation is 3. The van der Waals surface area contributed by atoms with Crippen molar-refractivity contribution in [2.24, 2.45) is 0 Å². The van der Waals surface area contributed by atoms with Gasteiger partial charge in [0.2, 0.25) is 11.7 Å². The molecule has 0 bridgehead atoms. The lowest BCUT2D eigenvalue weighted by Gasteiger charge is -2.31. The number of hydrogen-bond donors (Lipinski definition) is 0. The molecule has 31 heavy (non-hydrogen) atoms. The highest BCUT2D eigenvalue weighted by Gasteiger charge is 2.29. The fourth-order valence-corrected chi connectivity index (χ4v) is 3.71. The quantitative estimate of drug-likeness (QED) is 0.574. The van der Waals surface area contributed by atoms with E-state index in [0.29, 0.717) is 37.8 Å². The molecule has 3 aromatic rings. The third-order valence-corrected chi connectivity index (χ3v) is 5.33. The molecule has 0 saturated carbocycles. The summed E-state index contributed by atoms with van der Waals surface area (Å²) in [5.74, 6) is 1.65. The number of carbonyl (C=O) groups is 1. The van der Waals surface area contributed by atoms with E-state index in [2.05, 4.69) is 15.2 Å². The van der Waals surface area contributed by atoms with Gasteiger partial charge in [-0.1, -0.05) is 17.3 Å². The Morgan fingerprint density at radius 1 is 1.29 bits per heavy atom. The molecule has 0 N–H and O–H groups in total. The molecule has 1 amide bonds. The SMILES string of the molecule is COc1cccc(-c2noc(C3CN(C(=O)CCCn4nc(C)cc4C)CCO3)n2)c1. The van der Waals surface area contributed by atoms with E-state index < -0.39 is 6.10 Å². The molecule has 9 nitrogen and oxygen atoms in total. The number of rotatable bonds is 7. The molecule has 1 aliphatic heterocycles. The molecule has 1 aliphatic rings. The van der Waals surface area contributed by atoms with Gasteiger partial charge in [-0.05, 0) is 38.5 Å². The highest BCUT2D eigenvalue weighted by atomic mass is 16.5. The smallest absolute Gasteiger partial charge is 0.257 e. The van der Waals surface area contributed by atoms with Gasteiger partial charge in [-0.15, -0.1) is 0 Å². The van der Waals surface area contributed by atoms with Gasteiger partial charge in [0.05, 0.1) is 26.0 Å². The Hall–Kier alpha value is -3.20. The molecule has 4 rings (SSSR count). The van der Waals surface area contributed by atoms with Crippen molar-refractivity contribution in [3.63, 3.8) is 0 Å². The zero-order valence-corrected chi connectivity index (χ0v) is 18.1. The van der Waals surface area contributed by atoms with Crippen molar-refractivity contribution in [3.8, 4) is 17.1 Å². The minimum absolute atomic E-state index is 0.0994. The minimum atomic E-state index is -0.430. The summed E-state index contributed by atoms with van der Waals surface area (Å²) in [6.45, 7) is 6.13. The first-order valence-electron chi connectivity index (χ1n) is 10.4. The molecule has 1 unspecified atom stereocenters. The van der Waals surface area contributed by atoms with E-state index in [1.54, 1.807) is 7.11 Å². The van der Waals surface area contributed by atoms with E-state index in [0.717, 1.165) is 35.7 Å². The Labute approximate surface area is 180 Å². The second-order valence-electron chi connectivity index (χ2n) is 7.64. The molecule has 164 valence electrons. The summed E-state index contributed by atoms with van der Waals surface area (Å²) in [7, 11) is 1.61. The zero-order valence-electron chi connectivity index (χ0n) is 18.1. The van der Waals surface area contributed by atoms with Crippen molar-refractivity contribution in [2.75, 3.05) is 26.8 Å². The lowest BCUT2D eigenvalue weighted by Crippen LogP contribution is -2.42. The van der Waals surface area contributed by atoms with Crippen LogP contribution in [0.1, 0.15) is 36.2 Å². The summed E-state index contributed by atoms with van der Waals surface area (Å²) in [5.41, 5.74) is 2.90. The molecule has 1 aromatic carbocycles. The Kier molecular flexibility index (Phi) is 6.31. The Morgan fingerprint density at radius 2 is 2.16 bits per heavy atom. The van der Waals surface area contributed by atoms with Crippen molar-refractivity contribution >= 4 is 5.91 Å². The second kappa shape index (κ2) is 9.30. The summed E-state index contributed by atoms with van der Waals surface area (Å²) in [6, 6.07) is 9.49. The minimum Gasteiger partial charge on any atom is -0.497 e. The first kappa shape index (κ1) is 21.0. The highest BCUT2D eigenvalue weighted by molar-refractivity contribution is 5.76. The van der Waals surface area contributed by atoms with E-state index in [4.69, 9.17) is 14.0 Å². The van der Waals surface area contributed by atoms with Crippen molar-refractivity contribution in [1.82, 2.24) is 24.8 Å². The summed E-state index contributed by atoms with van der Waals surface area (Å²) >= 11 is 0. The summed E-state index contributed by atoms with van der Waals surface area (Å²) < 4.78 is 18.4. The standard InChI is InChI=1S/C22H27N5O4/c1-15-12-16(2)27(24-15)9-5-8-20(28)26-10-11-30-19(14-26)22-23-21(25-31-22)17-6-4-7-18(13-17)29-3/h4,6-7,12-13,19H,5,8-11,14H2,1-3H3. The molecule has 1 atom stereocenters. The van der Waals surface area contributed by atoms with Gasteiger partial charge in [0.15, 0.2) is 6.10 Å². The maximum absolute atomic E-state index is 12.7. The van der Waals surface area contributed by atoms with Crippen LogP contribution in [-0.2, 0) is 16.1 Å². The van der Waals surface area contributed by atoms with E-state index in [-0.39, 0.29) is 5.91 Å². The number of morpholine rings is 1. The van der Waals surface area contributed by atoms with Crippen molar-refractivity contribution in [1.29, 1.82) is 0 Å². The molecule has 3 heterocycles. The van der Waals surface area contributed by atoms with Gasteiger partial charge < -0.3 is 18.9 Å². The normalized spacial score (nSPS) is 16.5. The van der Waals surface area contributed by atoms with Crippen LogP contribution >= 0.6 is 0 Å². The van der Waals surface area contributed by atoms with Crippen LogP contribution in [0.15, 0.2) is 34.9 Å². The van der Waals surface area contributed by atoms with E-state index in [1.165, 1.54) is 0 Å². The molecule has 1 fully saturated rings. The van der Waals surface area contributed by atoms with Crippen LogP contribution in [0.3, 0.4) is 0 Å². The Balaban J connectivity index is 1.34. The van der Waals surface area contributed by atoms with Crippen LogP contribution in [0.25, 0.3) is 11.4 Å². The molecule has 9 heteroatoms. The van der Waals surface area contributed by atoms with Gasteiger partial charge in [0.1, 0.15) is 5.75 Å². The first-order valence-corrected chi connectivity index (χ1v) is 10.4. The first-order chi connectivity index (χ1) is 15.0. The van der Waals surface area contributed by atoms with Crippen LogP contribution in [-0.4, -0.2) is 57.5 Å². The third kappa shape index (κ3) is 4.93. The molecule has 2 aromatic heterocycles. The zero-order chi connectivity index (χ0) is 21.8. The maximum atomic E-state index is 12.7. The Bertz CT molecular complexity index is 1040. The topological polar surface area (TPSA) is 95.5 Å². The lowest BCUT2D eigenvalue weighted by atomic mass is 10.2. The molecule has 1 saturated heterocycles. The predicted molar refractivity (Wildman–Crippen MR) is 112 cm³/mol. The largest absolute Gasteiger partial charge is 0.497 e. The van der Waals surface area contributed by atoms with Gasteiger partial charge in [-0.3, -0.25) is 9.48 Å². The van der Waals surface area contributed by atoms with Crippen LogP contribution in [0.4, 0.5) is 0 Å². The molecule has 0 radical (unpaired) electrons. The average molecular weight is 425 g/mol. The second-order valence-corrected chi connectivity index (χ2v) is 7.64. The van der Waals surface area contributed by atoms with E-state index in [1.807, 2.05) is 53.8 Å². The maximum Gasteiger partial charge on any atom is 0.257 e. The number of amides is 1. The van der Waals surface area contributed by atoms with Gasteiger partial charge in [0.25, 0.3) is 5.89 Å². The number of benzene rings is 1. The summed E-state index contributed by atoms with van der Waals surface area (Å²) in [4.78, 5) is 19.0. The predicted octanol–water partition coefficient (Wildman–Crippen LogP) is 2.94. The molecular formula is C22H27N5O4. The van der Waals surface area contributed by atoms with Crippen molar-refractivity contribution in [2.45, 2.75) is 39.3 Å². The number of aromatic nitrogens is 4. The third-order valence-electron chi connectivity index (χ3n) is 5.33. The fourth-order valence-electron chi connectivity index (χ4n) is 3.71. The van der Waals surface area contributed by atoms with Gasteiger partial charge in [-0.25, -0.2) is 0 Å². The number of methoxy groups -OCH3 is 1. The van der Waals surface area contributed by atoms with Crippen molar-refractivity contribution in [3.05, 3.63) is 47.6 Å². The average Bonchev–Trinajstić information content (AvgIpc) is 3.40. The van der Waals surface area contributed by atoms with E-state index in [9.17, 15) is 4.79 Å². The highest BCUT2D eigenvalue weighted by Crippen LogP contribution is 2.26. The van der Waals surface area contributed by atoms with Crippen LogP contribution < -0.4 is 4.74 Å². The van der Waals surface area contributed by atoms with Crippen LogP contribution in [0, 0.1) is 13.8 Å². The molecular weight excluding hydrogens is 398 g/mol. The van der Waals surface area contributed by atoms with Crippen molar-refractivity contribution < 1.29 is 18.8 Å². The fraction of sp³-hybridized carbons (Fsp3) is 0.455. The van der Waals surface area contributed by atoms with Gasteiger partial charge >= 0.3 is 0 Å². The number of carbonyl (C=O) groups excluding carboxylic acids is 1. The number of nitrogens with zero attached hydrogens (tertiary/aromatic N) is 5. The monoisotopic (exact) mass is 425 g/mol. The molecule has 0 aliphatic carbocycles. The van der Waals surface area contributed by atoms with Crippen LogP contribution in [0.5, 0.6) is 5.75 Å². The number of hydrogen-bond acceptors (Lipinski definition) is 7. The van der Waals surface area contributed by atoms with E-state index >= 15 is 0 Å². The molecule has 0 spiro atoms. The van der Waals surface area contributed by atoms with Gasteiger partial charge in [-0.2, -0.15) is 10.1 Å². The van der Waals surface area contributed by atoms with Gasteiger partial charge in [0, 0.05) is 30.8 Å². The lowest BCUT2D eigenvalue weighted by molar-refractivity contribution is -0.140. The van der Waals surface area contributed by atoms with Crippen LogP contribution in [0.2, 0.25) is 0 Å². The number of ether oxygens (including phenoxy) is 2. The Morgan fingerprint density at radius 3 is 2.94 bits per heavy atom. The summed E-state index contributed by atoms with van der Waals surface area (Å²) in [6.07, 6.45) is 0.772.